The minimum atomic E-state index is 1.17. The largest absolute Gasteiger partial charge is 0.309 e. The van der Waals surface area contributed by atoms with Gasteiger partial charge in [-0.1, -0.05) is 121 Å². The number of nitrogens with zero attached hydrogens (tertiary/aromatic N) is 1. The third-order valence-corrected chi connectivity index (χ3v) is 7.99. The van der Waals surface area contributed by atoms with Crippen LogP contribution in [0.4, 0.5) is 0 Å². The molecule has 1 nitrogen and oxygen atoms in total. The van der Waals surface area contributed by atoms with E-state index in [1.54, 1.807) is 0 Å². The molecule has 0 unspecified atom stereocenters. The minimum absolute atomic E-state index is 1.17. The van der Waals surface area contributed by atoms with Crippen LogP contribution in [0.2, 0.25) is 0 Å². The van der Waals surface area contributed by atoms with E-state index in [0.717, 1.165) is 0 Å². The summed E-state index contributed by atoms with van der Waals surface area (Å²) < 4.78 is 2.41. The van der Waals surface area contributed by atoms with E-state index in [0.29, 0.717) is 0 Å². The van der Waals surface area contributed by atoms with Crippen LogP contribution >= 0.6 is 0 Å². The van der Waals surface area contributed by atoms with Gasteiger partial charge in [0.2, 0.25) is 0 Å². The fourth-order valence-corrected chi connectivity index (χ4v) is 6.14. The lowest BCUT2D eigenvalue weighted by atomic mass is 9.95. The van der Waals surface area contributed by atoms with Crippen LogP contribution in [0.5, 0.6) is 0 Å². The molecule has 0 bridgehead atoms. The zero-order valence-electron chi connectivity index (χ0n) is 21.4. The van der Waals surface area contributed by atoms with Gasteiger partial charge in [0.15, 0.2) is 0 Å². The van der Waals surface area contributed by atoms with Gasteiger partial charge in [0.05, 0.1) is 11.0 Å². The van der Waals surface area contributed by atoms with Crippen molar-refractivity contribution < 1.29 is 0 Å². The van der Waals surface area contributed by atoms with E-state index in [9.17, 15) is 0 Å². The Kier molecular flexibility index (Phi) is 4.89. The maximum Gasteiger partial charge on any atom is 0.0547 e. The third-order valence-electron chi connectivity index (χ3n) is 7.99. The molecule has 0 amide bonds. The molecular weight excluding hydrogens is 470 g/mol. The molecule has 0 spiro atoms. The summed E-state index contributed by atoms with van der Waals surface area (Å²) in [5.41, 5.74) is 8.60. The first-order chi connectivity index (χ1) is 19.3. The Bertz CT molecular complexity index is 2140. The van der Waals surface area contributed by atoms with Gasteiger partial charge in [0, 0.05) is 16.5 Å². The first kappa shape index (κ1) is 21.9. The van der Waals surface area contributed by atoms with Gasteiger partial charge in [-0.15, -0.1) is 0 Å². The van der Waals surface area contributed by atoms with E-state index in [2.05, 4.69) is 156 Å². The molecule has 0 saturated heterocycles. The molecule has 0 radical (unpaired) electrons. The molecule has 1 heterocycles. The van der Waals surface area contributed by atoms with E-state index < -0.39 is 0 Å². The van der Waals surface area contributed by atoms with Crippen molar-refractivity contribution in [2.24, 2.45) is 0 Å². The highest BCUT2D eigenvalue weighted by Gasteiger charge is 2.15. The molecule has 0 N–H and O–H groups in total. The van der Waals surface area contributed by atoms with E-state index in [1.807, 2.05) is 0 Å². The average Bonchev–Trinajstić information content (AvgIpc) is 3.36. The van der Waals surface area contributed by atoms with Gasteiger partial charge in [-0.2, -0.15) is 0 Å². The second kappa shape index (κ2) is 8.72. The molecule has 8 aromatic rings. The number of hydrogen-bond acceptors (Lipinski definition) is 0. The molecule has 0 aliphatic rings. The SMILES string of the molecule is c1ccc(-c2ccc(-n3c4ccccc4c4c5cc(-c6cccc7ccccc67)ccc5ccc43)cc2)cc1. The molecule has 39 heavy (non-hydrogen) atoms. The van der Waals surface area contributed by atoms with Crippen molar-refractivity contribution in [1.29, 1.82) is 0 Å². The number of hydrogen-bond donors (Lipinski definition) is 0. The molecule has 182 valence electrons. The summed E-state index contributed by atoms with van der Waals surface area (Å²) in [6, 6.07) is 55.0. The Labute approximate surface area is 227 Å². The normalized spacial score (nSPS) is 11.6. The minimum Gasteiger partial charge on any atom is -0.309 e. The number of fused-ring (bicyclic) bond motifs is 6. The lowest BCUT2D eigenvalue weighted by Crippen LogP contribution is -1.93. The third kappa shape index (κ3) is 3.48. The summed E-state index contributed by atoms with van der Waals surface area (Å²) in [5, 5.41) is 7.68. The fourth-order valence-electron chi connectivity index (χ4n) is 6.14. The van der Waals surface area contributed by atoms with Gasteiger partial charge in [-0.3, -0.25) is 0 Å². The van der Waals surface area contributed by atoms with Gasteiger partial charge in [-0.05, 0) is 74.1 Å². The quantitative estimate of drug-likeness (QED) is 0.230. The number of aromatic nitrogens is 1. The molecule has 1 aromatic heterocycles. The van der Waals surface area contributed by atoms with E-state index >= 15 is 0 Å². The summed E-state index contributed by atoms with van der Waals surface area (Å²) in [6.07, 6.45) is 0. The van der Waals surface area contributed by atoms with Crippen LogP contribution in [0.15, 0.2) is 152 Å². The Hall–Kier alpha value is -5.14. The maximum atomic E-state index is 2.41. The Morgan fingerprint density at radius 2 is 1.00 bits per heavy atom. The van der Waals surface area contributed by atoms with Crippen LogP contribution in [0, 0.1) is 0 Å². The summed E-state index contributed by atoms with van der Waals surface area (Å²) >= 11 is 0. The summed E-state index contributed by atoms with van der Waals surface area (Å²) in [6.45, 7) is 0. The van der Waals surface area contributed by atoms with Crippen molar-refractivity contribution in [2.75, 3.05) is 0 Å². The first-order valence-corrected chi connectivity index (χ1v) is 13.5. The summed E-state index contributed by atoms with van der Waals surface area (Å²) in [4.78, 5) is 0. The Morgan fingerprint density at radius 3 is 1.87 bits per heavy atom. The molecule has 8 rings (SSSR count). The van der Waals surface area contributed by atoms with Gasteiger partial charge in [0.1, 0.15) is 0 Å². The van der Waals surface area contributed by atoms with Crippen molar-refractivity contribution in [2.45, 2.75) is 0 Å². The topological polar surface area (TPSA) is 4.93 Å². The van der Waals surface area contributed by atoms with Crippen LogP contribution in [0.3, 0.4) is 0 Å². The zero-order valence-corrected chi connectivity index (χ0v) is 21.4. The van der Waals surface area contributed by atoms with Crippen molar-refractivity contribution >= 4 is 43.4 Å². The Morgan fingerprint density at radius 1 is 0.359 bits per heavy atom. The highest BCUT2D eigenvalue weighted by atomic mass is 15.0. The zero-order chi connectivity index (χ0) is 25.8. The monoisotopic (exact) mass is 495 g/mol. The fraction of sp³-hybridized carbons (Fsp3) is 0. The van der Waals surface area contributed by atoms with E-state index in [-0.39, 0.29) is 0 Å². The molecule has 0 aliphatic heterocycles. The molecule has 0 saturated carbocycles. The van der Waals surface area contributed by atoms with Crippen molar-refractivity contribution in [3.8, 4) is 27.9 Å². The van der Waals surface area contributed by atoms with Crippen LogP contribution in [-0.4, -0.2) is 4.57 Å². The Balaban J connectivity index is 1.38. The highest BCUT2D eigenvalue weighted by molar-refractivity contribution is 6.22. The van der Waals surface area contributed by atoms with Crippen LogP contribution in [-0.2, 0) is 0 Å². The highest BCUT2D eigenvalue weighted by Crippen LogP contribution is 2.39. The molecule has 0 atom stereocenters. The summed E-state index contributed by atoms with van der Waals surface area (Å²) in [7, 11) is 0. The maximum absolute atomic E-state index is 2.41. The van der Waals surface area contributed by atoms with Gasteiger partial charge in [0.25, 0.3) is 0 Å². The summed E-state index contributed by atoms with van der Waals surface area (Å²) in [5.74, 6) is 0. The van der Waals surface area contributed by atoms with Gasteiger partial charge in [-0.25, -0.2) is 0 Å². The van der Waals surface area contributed by atoms with Crippen LogP contribution in [0.25, 0.3) is 71.3 Å². The predicted molar refractivity (Wildman–Crippen MR) is 167 cm³/mol. The molecule has 7 aromatic carbocycles. The lowest BCUT2D eigenvalue weighted by Gasteiger charge is -2.11. The second-order valence-electron chi connectivity index (χ2n) is 10.2. The average molecular weight is 496 g/mol. The number of para-hydroxylation sites is 1. The van der Waals surface area contributed by atoms with Gasteiger partial charge >= 0.3 is 0 Å². The molecule has 1 heteroatoms. The van der Waals surface area contributed by atoms with Crippen LogP contribution < -0.4 is 0 Å². The van der Waals surface area contributed by atoms with Crippen molar-refractivity contribution in [3.05, 3.63) is 152 Å². The number of rotatable bonds is 3. The number of benzene rings is 7. The smallest absolute Gasteiger partial charge is 0.0547 e. The van der Waals surface area contributed by atoms with Crippen molar-refractivity contribution in [1.82, 2.24) is 4.57 Å². The molecule has 0 fully saturated rings. The predicted octanol–water partition coefficient (Wildman–Crippen LogP) is 10.4. The molecular formula is C38H25N. The van der Waals surface area contributed by atoms with Crippen LogP contribution in [0.1, 0.15) is 0 Å². The second-order valence-corrected chi connectivity index (χ2v) is 10.2. The lowest BCUT2D eigenvalue weighted by molar-refractivity contribution is 1.18. The van der Waals surface area contributed by atoms with E-state index in [1.165, 1.54) is 71.3 Å². The van der Waals surface area contributed by atoms with Crippen molar-refractivity contribution in [3.63, 3.8) is 0 Å². The first-order valence-electron chi connectivity index (χ1n) is 13.5. The van der Waals surface area contributed by atoms with E-state index in [4.69, 9.17) is 0 Å². The standard InChI is InChI=1S/C38H25N/c1-2-9-26(10-3-1)27-19-22-31(23-20-27)39-36-16-7-6-14-34(36)38-35-25-30(18-17-29(35)21-24-37(38)39)33-15-8-12-28-11-4-5-13-32(28)33/h1-25H. The molecule has 0 aliphatic carbocycles. The van der Waals surface area contributed by atoms with Gasteiger partial charge < -0.3 is 4.57 Å².